The van der Waals surface area contributed by atoms with Crippen molar-refractivity contribution in [1.82, 2.24) is 4.98 Å². The lowest BCUT2D eigenvalue weighted by Crippen LogP contribution is -2.25. The summed E-state index contributed by atoms with van der Waals surface area (Å²) >= 11 is 6.08. The number of benzene rings is 2. The third kappa shape index (κ3) is 3.39. The average Bonchev–Trinajstić information content (AvgIpc) is 2.64. The van der Waals surface area contributed by atoms with Crippen LogP contribution in [-0.4, -0.2) is 22.8 Å². The molecular formula is C20H16ClNO4. The molecule has 0 fully saturated rings. The molecule has 1 aromatic heterocycles. The van der Waals surface area contributed by atoms with Gasteiger partial charge in [-0.3, -0.25) is 9.59 Å². The van der Waals surface area contributed by atoms with Gasteiger partial charge in [0.25, 0.3) is 0 Å². The molecule has 2 aromatic carbocycles. The second kappa shape index (κ2) is 7.14. The van der Waals surface area contributed by atoms with Gasteiger partial charge in [-0.05, 0) is 25.5 Å². The fourth-order valence-corrected chi connectivity index (χ4v) is 2.88. The molecule has 0 aliphatic carbocycles. The van der Waals surface area contributed by atoms with Crippen LogP contribution in [0.2, 0.25) is 5.02 Å². The van der Waals surface area contributed by atoms with Crippen LogP contribution in [0.3, 0.4) is 0 Å². The van der Waals surface area contributed by atoms with E-state index in [1.807, 2.05) is 0 Å². The minimum Gasteiger partial charge on any atom is -0.451 e. The first-order valence-electron chi connectivity index (χ1n) is 8.01. The summed E-state index contributed by atoms with van der Waals surface area (Å²) in [5, 5.41) is 0.988. The Morgan fingerprint density at radius 3 is 2.50 bits per heavy atom. The van der Waals surface area contributed by atoms with Crippen molar-refractivity contribution in [3.8, 4) is 0 Å². The van der Waals surface area contributed by atoms with Crippen molar-refractivity contribution in [2.75, 3.05) is 0 Å². The summed E-state index contributed by atoms with van der Waals surface area (Å²) in [5.41, 5.74) is 1.22. The van der Waals surface area contributed by atoms with Gasteiger partial charge in [0.2, 0.25) is 11.3 Å². The number of carbonyl (C=O) groups is 2. The predicted molar refractivity (Wildman–Crippen MR) is 100.0 cm³/mol. The summed E-state index contributed by atoms with van der Waals surface area (Å²) in [6.07, 6.45) is -0.979. The second-order valence-corrected chi connectivity index (χ2v) is 6.33. The van der Waals surface area contributed by atoms with E-state index in [9.17, 15) is 14.4 Å². The Balaban J connectivity index is 1.94. The Bertz CT molecular complexity index is 1060. The van der Waals surface area contributed by atoms with E-state index in [-0.39, 0.29) is 11.3 Å². The van der Waals surface area contributed by atoms with Gasteiger partial charge in [-0.2, -0.15) is 0 Å². The molecule has 1 heterocycles. The highest BCUT2D eigenvalue weighted by Gasteiger charge is 2.22. The van der Waals surface area contributed by atoms with E-state index in [0.29, 0.717) is 27.1 Å². The number of rotatable bonds is 4. The fourth-order valence-electron chi connectivity index (χ4n) is 2.72. The average molecular weight is 370 g/mol. The molecule has 0 saturated heterocycles. The summed E-state index contributed by atoms with van der Waals surface area (Å²) in [5.74, 6) is -1.05. The first-order chi connectivity index (χ1) is 12.4. The van der Waals surface area contributed by atoms with Gasteiger partial charge in [-0.25, -0.2) is 4.79 Å². The van der Waals surface area contributed by atoms with Crippen molar-refractivity contribution >= 4 is 34.3 Å². The normalized spacial score (nSPS) is 12.0. The van der Waals surface area contributed by atoms with Gasteiger partial charge in [0.05, 0.1) is 11.1 Å². The SMILES string of the molecule is Cc1c(Cl)ccc2c(C(=O)OC(C)C(=O)c3ccccc3)cc(=O)[nH]c12. The monoisotopic (exact) mass is 369 g/mol. The number of ketones is 1. The van der Waals surface area contributed by atoms with Gasteiger partial charge < -0.3 is 9.72 Å². The Kier molecular flexibility index (Phi) is 4.91. The molecule has 26 heavy (non-hydrogen) atoms. The molecule has 0 bridgehead atoms. The van der Waals surface area contributed by atoms with Crippen LogP contribution in [0, 0.1) is 6.92 Å². The van der Waals surface area contributed by atoms with Gasteiger partial charge >= 0.3 is 5.97 Å². The van der Waals surface area contributed by atoms with Gasteiger partial charge in [0, 0.05) is 22.0 Å². The topological polar surface area (TPSA) is 76.2 Å². The number of hydrogen-bond donors (Lipinski definition) is 1. The third-order valence-electron chi connectivity index (χ3n) is 4.14. The largest absolute Gasteiger partial charge is 0.451 e. The van der Waals surface area contributed by atoms with Crippen molar-refractivity contribution < 1.29 is 14.3 Å². The number of H-pyrrole nitrogens is 1. The number of fused-ring (bicyclic) bond motifs is 1. The highest BCUT2D eigenvalue weighted by Crippen LogP contribution is 2.25. The van der Waals surface area contributed by atoms with Crippen LogP contribution in [0.5, 0.6) is 0 Å². The number of hydrogen-bond acceptors (Lipinski definition) is 4. The number of ether oxygens (including phenoxy) is 1. The summed E-state index contributed by atoms with van der Waals surface area (Å²) in [7, 11) is 0. The van der Waals surface area contributed by atoms with E-state index in [2.05, 4.69) is 4.98 Å². The maximum Gasteiger partial charge on any atom is 0.339 e. The molecule has 0 aliphatic heterocycles. The first-order valence-corrected chi connectivity index (χ1v) is 8.38. The lowest BCUT2D eigenvalue weighted by molar-refractivity contribution is 0.0320. The molecule has 0 amide bonds. The van der Waals surface area contributed by atoms with E-state index >= 15 is 0 Å². The molecule has 0 saturated carbocycles. The highest BCUT2D eigenvalue weighted by molar-refractivity contribution is 6.32. The summed E-state index contributed by atoms with van der Waals surface area (Å²) in [4.78, 5) is 39.6. The molecule has 1 unspecified atom stereocenters. The zero-order valence-corrected chi connectivity index (χ0v) is 15.0. The number of nitrogens with one attached hydrogen (secondary N) is 1. The van der Waals surface area contributed by atoms with Crippen LogP contribution >= 0.6 is 11.6 Å². The van der Waals surface area contributed by atoms with Crippen LogP contribution in [0.4, 0.5) is 0 Å². The van der Waals surface area contributed by atoms with Crippen LogP contribution in [0.15, 0.2) is 53.3 Å². The maximum absolute atomic E-state index is 12.6. The molecule has 1 N–H and O–H groups in total. The van der Waals surface area contributed by atoms with E-state index in [1.165, 1.54) is 6.92 Å². The Hall–Kier alpha value is -2.92. The summed E-state index contributed by atoms with van der Waals surface area (Å²) in [6, 6.07) is 13.0. The Morgan fingerprint density at radius 2 is 1.81 bits per heavy atom. The number of pyridine rings is 1. The van der Waals surface area contributed by atoms with Crippen LogP contribution < -0.4 is 5.56 Å². The van der Waals surface area contributed by atoms with Crippen LogP contribution in [0.25, 0.3) is 10.9 Å². The van der Waals surface area contributed by atoms with E-state index in [4.69, 9.17) is 16.3 Å². The minimum atomic E-state index is -0.979. The van der Waals surface area contributed by atoms with Gasteiger partial charge in [0.15, 0.2) is 6.10 Å². The molecule has 6 heteroatoms. The first kappa shape index (κ1) is 17.9. The molecule has 0 spiro atoms. The number of carbonyl (C=O) groups excluding carboxylic acids is 2. The number of halogens is 1. The molecule has 5 nitrogen and oxygen atoms in total. The Morgan fingerprint density at radius 1 is 1.12 bits per heavy atom. The number of aryl methyl sites for hydroxylation is 1. The highest BCUT2D eigenvalue weighted by atomic mass is 35.5. The maximum atomic E-state index is 12.6. The van der Waals surface area contributed by atoms with Crippen molar-refractivity contribution in [1.29, 1.82) is 0 Å². The zero-order chi connectivity index (χ0) is 18.8. The lowest BCUT2D eigenvalue weighted by atomic mass is 10.1. The Labute approximate surface area is 154 Å². The minimum absolute atomic E-state index is 0.0937. The van der Waals surface area contributed by atoms with Crippen LogP contribution in [-0.2, 0) is 4.74 Å². The molecule has 3 aromatic rings. The number of esters is 1. The van der Waals surface area contributed by atoms with Crippen molar-refractivity contribution in [3.63, 3.8) is 0 Å². The quantitative estimate of drug-likeness (QED) is 0.558. The molecule has 132 valence electrons. The predicted octanol–water partition coefficient (Wildman–Crippen LogP) is 3.92. The molecule has 1 atom stereocenters. The van der Waals surface area contributed by atoms with Crippen molar-refractivity contribution in [2.45, 2.75) is 20.0 Å². The summed E-state index contributed by atoms with van der Waals surface area (Å²) < 4.78 is 5.31. The fraction of sp³-hybridized carbons (Fsp3) is 0.150. The summed E-state index contributed by atoms with van der Waals surface area (Å²) in [6.45, 7) is 3.25. The molecular weight excluding hydrogens is 354 g/mol. The molecule has 3 rings (SSSR count). The standard InChI is InChI=1S/C20H16ClNO4/c1-11-16(21)9-8-14-15(10-17(23)22-18(11)14)20(25)26-12(2)19(24)13-6-4-3-5-7-13/h3-10,12H,1-2H3,(H,22,23). The van der Waals surface area contributed by atoms with Crippen molar-refractivity contribution in [2.24, 2.45) is 0 Å². The number of Topliss-reactive ketones (excluding diaryl/α,β-unsaturated/α-hetero) is 1. The molecule has 0 radical (unpaired) electrons. The van der Waals surface area contributed by atoms with Gasteiger partial charge in [-0.15, -0.1) is 0 Å². The third-order valence-corrected chi connectivity index (χ3v) is 4.55. The van der Waals surface area contributed by atoms with Crippen molar-refractivity contribution in [3.05, 3.63) is 80.6 Å². The van der Waals surface area contributed by atoms with E-state index in [1.54, 1.807) is 49.4 Å². The lowest BCUT2D eigenvalue weighted by Gasteiger charge is -2.14. The van der Waals surface area contributed by atoms with Gasteiger partial charge in [0.1, 0.15) is 0 Å². The molecule has 0 aliphatic rings. The van der Waals surface area contributed by atoms with Crippen LogP contribution in [0.1, 0.15) is 33.2 Å². The smallest absolute Gasteiger partial charge is 0.339 e. The number of aromatic nitrogens is 1. The second-order valence-electron chi connectivity index (χ2n) is 5.92. The number of aromatic amines is 1. The van der Waals surface area contributed by atoms with E-state index in [0.717, 1.165) is 6.07 Å². The van der Waals surface area contributed by atoms with E-state index < -0.39 is 17.6 Å². The zero-order valence-electron chi connectivity index (χ0n) is 14.2. The van der Waals surface area contributed by atoms with Gasteiger partial charge in [-0.1, -0.05) is 48.0 Å².